The second kappa shape index (κ2) is 6.91. The lowest BCUT2D eigenvalue weighted by Gasteiger charge is -2.17. The number of nitrogens with one attached hydrogen (secondary N) is 2. The van der Waals surface area contributed by atoms with Gasteiger partial charge < -0.3 is 10.6 Å². The zero-order valence-electron chi connectivity index (χ0n) is 11.6. The molecule has 2 rings (SSSR count). The van der Waals surface area contributed by atoms with Gasteiger partial charge >= 0.3 is 0 Å². The number of halogens is 3. The molecule has 0 aliphatic rings. The lowest BCUT2D eigenvalue weighted by atomic mass is 10.1. The number of rotatable bonds is 5. The molecule has 0 aliphatic heterocycles. The molecule has 0 radical (unpaired) electrons. The summed E-state index contributed by atoms with van der Waals surface area (Å²) in [6.45, 7) is 4.43. The average Bonchev–Trinajstić information content (AvgIpc) is 2.42. The summed E-state index contributed by atoms with van der Waals surface area (Å²) in [5.74, 6) is -0.0242. The van der Waals surface area contributed by atoms with Gasteiger partial charge in [-0.1, -0.05) is 29.3 Å². The SMILES string of the molecule is CCNc1ncc(F)c(NC(C)c2ccc(Cl)cc2Cl)n1. The highest BCUT2D eigenvalue weighted by Gasteiger charge is 2.14. The Hall–Kier alpha value is -1.59. The lowest BCUT2D eigenvalue weighted by molar-refractivity contribution is 0.614. The van der Waals surface area contributed by atoms with Crippen molar-refractivity contribution in [2.24, 2.45) is 0 Å². The first-order valence-corrected chi connectivity index (χ1v) is 7.24. The van der Waals surface area contributed by atoms with Gasteiger partial charge in [-0.3, -0.25) is 0 Å². The van der Waals surface area contributed by atoms with E-state index in [1.165, 1.54) is 0 Å². The van der Waals surface area contributed by atoms with Crippen LogP contribution < -0.4 is 10.6 Å². The third-order valence-electron chi connectivity index (χ3n) is 2.86. The van der Waals surface area contributed by atoms with Crippen LogP contribution in [-0.2, 0) is 0 Å². The van der Waals surface area contributed by atoms with Gasteiger partial charge in [-0.25, -0.2) is 9.37 Å². The number of nitrogens with zero attached hydrogens (tertiary/aromatic N) is 2. The van der Waals surface area contributed by atoms with E-state index in [-0.39, 0.29) is 11.9 Å². The van der Waals surface area contributed by atoms with Crippen molar-refractivity contribution in [1.29, 1.82) is 0 Å². The Morgan fingerprint density at radius 1 is 1.33 bits per heavy atom. The number of benzene rings is 1. The first-order valence-electron chi connectivity index (χ1n) is 6.49. The van der Waals surface area contributed by atoms with Crippen molar-refractivity contribution >= 4 is 35.0 Å². The van der Waals surface area contributed by atoms with Crippen LogP contribution in [0.5, 0.6) is 0 Å². The van der Waals surface area contributed by atoms with E-state index in [0.717, 1.165) is 11.8 Å². The minimum Gasteiger partial charge on any atom is -0.361 e. The molecule has 0 saturated carbocycles. The predicted octanol–water partition coefficient (Wildman–Crippen LogP) is 4.53. The zero-order chi connectivity index (χ0) is 15.4. The maximum atomic E-state index is 13.8. The molecule has 112 valence electrons. The molecule has 0 spiro atoms. The Bertz CT molecular complexity index is 636. The normalized spacial score (nSPS) is 12.0. The van der Waals surface area contributed by atoms with Gasteiger partial charge in [0.15, 0.2) is 11.6 Å². The highest BCUT2D eigenvalue weighted by Crippen LogP contribution is 2.28. The van der Waals surface area contributed by atoms with E-state index < -0.39 is 5.82 Å². The van der Waals surface area contributed by atoms with Gasteiger partial charge in [-0.15, -0.1) is 0 Å². The maximum Gasteiger partial charge on any atom is 0.224 e. The molecule has 1 atom stereocenters. The van der Waals surface area contributed by atoms with Crippen LogP contribution >= 0.6 is 23.2 Å². The monoisotopic (exact) mass is 328 g/mol. The number of hydrogen-bond acceptors (Lipinski definition) is 4. The molecular formula is C14H15Cl2FN4. The Balaban J connectivity index is 2.22. The molecule has 0 fully saturated rings. The molecule has 0 aliphatic carbocycles. The summed E-state index contributed by atoms with van der Waals surface area (Å²) in [7, 11) is 0. The highest BCUT2D eigenvalue weighted by molar-refractivity contribution is 6.35. The van der Waals surface area contributed by atoms with Crippen LogP contribution in [0.25, 0.3) is 0 Å². The van der Waals surface area contributed by atoms with Gasteiger partial charge in [0.05, 0.1) is 12.2 Å². The molecule has 1 unspecified atom stereocenters. The van der Waals surface area contributed by atoms with Crippen molar-refractivity contribution in [3.8, 4) is 0 Å². The second-order valence-electron chi connectivity index (χ2n) is 4.45. The fourth-order valence-corrected chi connectivity index (χ4v) is 2.42. The van der Waals surface area contributed by atoms with E-state index in [1.54, 1.807) is 18.2 Å². The molecule has 1 aromatic carbocycles. The molecule has 7 heteroatoms. The fraction of sp³-hybridized carbons (Fsp3) is 0.286. The van der Waals surface area contributed by atoms with Crippen LogP contribution in [-0.4, -0.2) is 16.5 Å². The first kappa shape index (κ1) is 15.8. The van der Waals surface area contributed by atoms with Crippen molar-refractivity contribution < 1.29 is 4.39 Å². The van der Waals surface area contributed by atoms with E-state index in [1.807, 2.05) is 13.8 Å². The van der Waals surface area contributed by atoms with Crippen molar-refractivity contribution in [1.82, 2.24) is 9.97 Å². The van der Waals surface area contributed by atoms with Gasteiger partial charge in [0.25, 0.3) is 0 Å². The highest BCUT2D eigenvalue weighted by atomic mass is 35.5. The molecule has 1 heterocycles. The van der Waals surface area contributed by atoms with Crippen LogP contribution in [0.4, 0.5) is 16.2 Å². The van der Waals surface area contributed by atoms with Crippen molar-refractivity contribution in [3.63, 3.8) is 0 Å². The lowest BCUT2D eigenvalue weighted by Crippen LogP contribution is -2.12. The summed E-state index contributed by atoms with van der Waals surface area (Å²) >= 11 is 12.0. The third kappa shape index (κ3) is 3.95. The van der Waals surface area contributed by atoms with Crippen LogP contribution in [0, 0.1) is 5.82 Å². The molecule has 2 aromatic rings. The van der Waals surface area contributed by atoms with Gasteiger partial charge in [-0.2, -0.15) is 4.98 Å². The number of hydrogen-bond donors (Lipinski definition) is 2. The largest absolute Gasteiger partial charge is 0.361 e. The summed E-state index contributed by atoms with van der Waals surface area (Å²) in [5, 5.41) is 7.00. The predicted molar refractivity (Wildman–Crippen MR) is 84.7 cm³/mol. The smallest absolute Gasteiger partial charge is 0.224 e. The van der Waals surface area contributed by atoms with E-state index in [2.05, 4.69) is 20.6 Å². The van der Waals surface area contributed by atoms with Crippen LogP contribution in [0.2, 0.25) is 10.0 Å². The van der Waals surface area contributed by atoms with Crippen LogP contribution in [0.15, 0.2) is 24.4 Å². The second-order valence-corrected chi connectivity index (χ2v) is 5.30. The Kier molecular flexibility index (Phi) is 5.20. The summed E-state index contributed by atoms with van der Waals surface area (Å²) in [4.78, 5) is 7.95. The number of aromatic nitrogens is 2. The van der Waals surface area contributed by atoms with E-state index in [0.29, 0.717) is 22.5 Å². The number of anilines is 2. The van der Waals surface area contributed by atoms with Crippen LogP contribution in [0.3, 0.4) is 0 Å². The molecular weight excluding hydrogens is 314 g/mol. The van der Waals surface area contributed by atoms with Gasteiger partial charge in [0.2, 0.25) is 5.95 Å². The summed E-state index contributed by atoms with van der Waals surface area (Å²) < 4.78 is 13.8. The van der Waals surface area contributed by atoms with Crippen LogP contribution in [0.1, 0.15) is 25.5 Å². The Morgan fingerprint density at radius 3 is 2.76 bits per heavy atom. The Labute approximate surface area is 132 Å². The Morgan fingerprint density at radius 2 is 2.10 bits per heavy atom. The maximum absolute atomic E-state index is 13.8. The fourth-order valence-electron chi connectivity index (χ4n) is 1.85. The topological polar surface area (TPSA) is 49.8 Å². The molecule has 2 N–H and O–H groups in total. The minimum absolute atomic E-state index is 0.125. The molecule has 4 nitrogen and oxygen atoms in total. The summed E-state index contributed by atoms with van der Waals surface area (Å²) in [6, 6.07) is 4.96. The van der Waals surface area contributed by atoms with Crippen molar-refractivity contribution in [2.45, 2.75) is 19.9 Å². The average molecular weight is 329 g/mol. The van der Waals surface area contributed by atoms with Gasteiger partial charge in [0, 0.05) is 16.6 Å². The minimum atomic E-state index is -0.520. The molecule has 0 amide bonds. The third-order valence-corrected chi connectivity index (χ3v) is 3.42. The van der Waals surface area contributed by atoms with Gasteiger partial charge in [0.1, 0.15) is 0 Å². The van der Waals surface area contributed by atoms with E-state index in [9.17, 15) is 4.39 Å². The standard InChI is InChI=1S/C14H15Cl2FN4/c1-3-18-14-19-7-12(17)13(21-14)20-8(2)10-5-4-9(15)6-11(10)16/h4-8H,3H2,1-2H3,(H2,18,19,20,21). The first-order chi connectivity index (χ1) is 10.0. The van der Waals surface area contributed by atoms with E-state index in [4.69, 9.17) is 23.2 Å². The molecule has 1 aromatic heterocycles. The summed E-state index contributed by atoms with van der Waals surface area (Å²) in [6.07, 6.45) is 1.13. The van der Waals surface area contributed by atoms with Gasteiger partial charge in [-0.05, 0) is 31.5 Å². The molecule has 0 bridgehead atoms. The zero-order valence-corrected chi connectivity index (χ0v) is 13.1. The summed E-state index contributed by atoms with van der Waals surface area (Å²) in [5.41, 5.74) is 0.809. The van der Waals surface area contributed by atoms with Crippen molar-refractivity contribution in [3.05, 3.63) is 45.8 Å². The molecule has 21 heavy (non-hydrogen) atoms. The quantitative estimate of drug-likeness (QED) is 0.846. The van der Waals surface area contributed by atoms with Crippen molar-refractivity contribution in [2.75, 3.05) is 17.2 Å². The van der Waals surface area contributed by atoms with E-state index >= 15 is 0 Å². The molecule has 0 saturated heterocycles.